The molecule has 0 radical (unpaired) electrons. The van der Waals surface area contributed by atoms with Crippen molar-refractivity contribution in [1.29, 1.82) is 0 Å². The zero-order chi connectivity index (χ0) is 21.9. The van der Waals surface area contributed by atoms with Crippen LogP contribution in [0, 0.1) is 0 Å². The fraction of sp³-hybridized carbons (Fsp3) is 0.462. The number of carbonyl (C=O) groups is 2. The molecular formula is C26H33NO4. The Labute approximate surface area is 185 Å². The first-order chi connectivity index (χ1) is 15.1. The summed E-state index contributed by atoms with van der Waals surface area (Å²) in [4.78, 5) is 26.1. The Bertz CT molecular complexity index is 763. The summed E-state index contributed by atoms with van der Waals surface area (Å²) < 4.78 is 5.98. The van der Waals surface area contributed by atoms with Crippen molar-refractivity contribution in [2.24, 2.45) is 0 Å². The molecule has 1 atom stereocenters. The lowest BCUT2D eigenvalue weighted by Gasteiger charge is -2.27. The summed E-state index contributed by atoms with van der Waals surface area (Å²) in [5.74, 6) is -1.31. The van der Waals surface area contributed by atoms with Crippen molar-refractivity contribution in [2.75, 3.05) is 26.2 Å². The molecule has 0 aromatic heterocycles. The largest absolute Gasteiger partial charge is 0.481 e. The highest BCUT2D eigenvalue weighted by Gasteiger charge is 2.24. The van der Waals surface area contributed by atoms with E-state index in [0.717, 1.165) is 19.6 Å². The van der Waals surface area contributed by atoms with E-state index in [4.69, 9.17) is 9.84 Å². The van der Waals surface area contributed by atoms with Crippen LogP contribution in [-0.4, -0.2) is 54.1 Å². The Morgan fingerprint density at radius 3 is 2.00 bits per heavy atom. The van der Waals surface area contributed by atoms with Crippen molar-refractivity contribution in [3.8, 4) is 0 Å². The van der Waals surface area contributed by atoms with Gasteiger partial charge < -0.3 is 14.7 Å². The Morgan fingerprint density at radius 1 is 0.871 bits per heavy atom. The first kappa shape index (κ1) is 23.2. The van der Waals surface area contributed by atoms with E-state index in [2.05, 4.69) is 29.2 Å². The molecule has 2 aromatic rings. The Morgan fingerprint density at radius 2 is 1.45 bits per heavy atom. The number of Topliss-reactive ketones (excluding diaryl/α,β-unsaturated/α-hetero) is 1. The van der Waals surface area contributed by atoms with Crippen LogP contribution in [0.25, 0.3) is 0 Å². The Balaban J connectivity index is 1.65. The number of aliphatic carboxylic acids is 1. The smallest absolute Gasteiger partial charge is 0.310 e. The van der Waals surface area contributed by atoms with Crippen molar-refractivity contribution in [3.05, 3.63) is 71.8 Å². The molecule has 0 aliphatic carbocycles. The van der Waals surface area contributed by atoms with Crippen LogP contribution in [0.3, 0.4) is 0 Å². The second-order valence-electron chi connectivity index (χ2n) is 8.25. The molecule has 0 amide bonds. The third-order valence-corrected chi connectivity index (χ3v) is 5.98. The SMILES string of the molecule is O=C(O)CC(=O)C(CCC(c1ccccc1)c1ccccc1)OCCN1CCCCC1. The molecule has 2 aromatic carbocycles. The van der Waals surface area contributed by atoms with Crippen LogP contribution in [0.15, 0.2) is 60.7 Å². The van der Waals surface area contributed by atoms with Gasteiger partial charge in [-0.05, 0) is 49.9 Å². The van der Waals surface area contributed by atoms with Crippen molar-refractivity contribution < 1.29 is 19.4 Å². The molecule has 5 nitrogen and oxygen atoms in total. The number of hydrogen-bond donors (Lipinski definition) is 1. The highest BCUT2D eigenvalue weighted by Crippen LogP contribution is 2.30. The summed E-state index contributed by atoms with van der Waals surface area (Å²) in [6.07, 6.45) is 3.73. The van der Waals surface area contributed by atoms with Gasteiger partial charge in [-0.2, -0.15) is 0 Å². The minimum atomic E-state index is -1.10. The average molecular weight is 424 g/mol. The molecule has 1 N–H and O–H groups in total. The molecule has 1 unspecified atom stereocenters. The van der Waals surface area contributed by atoms with E-state index >= 15 is 0 Å². The number of ether oxygens (including phenoxy) is 1. The summed E-state index contributed by atoms with van der Waals surface area (Å²) in [6.45, 7) is 3.39. The lowest BCUT2D eigenvalue weighted by Crippen LogP contribution is -2.35. The quantitative estimate of drug-likeness (QED) is 0.509. The number of carbonyl (C=O) groups excluding carboxylic acids is 1. The molecule has 0 saturated carbocycles. The number of ketones is 1. The zero-order valence-corrected chi connectivity index (χ0v) is 18.1. The predicted molar refractivity (Wildman–Crippen MR) is 121 cm³/mol. The molecule has 1 saturated heterocycles. The summed E-state index contributed by atoms with van der Waals surface area (Å²) >= 11 is 0. The lowest BCUT2D eigenvalue weighted by molar-refractivity contribution is -0.144. The van der Waals surface area contributed by atoms with Crippen LogP contribution >= 0.6 is 0 Å². The van der Waals surface area contributed by atoms with E-state index in [1.54, 1.807) is 0 Å². The van der Waals surface area contributed by atoms with Crippen LogP contribution in [0.2, 0.25) is 0 Å². The molecule has 0 bridgehead atoms. The fourth-order valence-electron chi connectivity index (χ4n) is 4.32. The molecule has 31 heavy (non-hydrogen) atoms. The first-order valence-corrected chi connectivity index (χ1v) is 11.3. The van der Waals surface area contributed by atoms with Crippen LogP contribution in [0.1, 0.15) is 55.6 Å². The average Bonchev–Trinajstić information content (AvgIpc) is 2.79. The van der Waals surface area contributed by atoms with Gasteiger partial charge in [-0.25, -0.2) is 0 Å². The molecule has 1 fully saturated rings. The number of rotatable bonds is 12. The van der Waals surface area contributed by atoms with Crippen LogP contribution < -0.4 is 0 Å². The van der Waals surface area contributed by atoms with E-state index in [9.17, 15) is 9.59 Å². The molecule has 1 aliphatic heterocycles. The highest BCUT2D eigenvalue weighted by molar-refractivity contribution is 5.97. The van der Waals surface area contributed by atoms with E-state index in [1.165, 1.54) is 30.4 Å². The Kier molecular flexibility index (Phi) is 9.25. The van der Waals surface area contributed by atoms with Crippen LogP contribution in [0.4, 0.5) is 0 Å². The normalized spacial score (nSPS) is 15.6. The van der Waals surface area contributed by atoms with Gasteiger partial charge in [-0.3, -0.25) is 9.59 Å². The molecule has 1 heterocycles. The molecule has 0 spiro atoms. The van der Waals surface area contributed by atoms with Crippen molar-refractivity contribution in [1.82, 2.24) is 4.90 Å². The summed E-state index contributed by atoms with van der Waals surface area (Å²) in [6, 6.07) is 20.5. The van der Waals surface area contributed by atoms with E-state index in [-0.39, 0.29) is 11.7 Å². The highest BCUT2D eigenvalue weighted by atomic mass is 16.5. The standard InChI is InChI=1S/C26H33NO4/c28-24(20-26(29)30)25(31-19-18-27-16-8-3-9-17-27)15-14-23(21-10-4-1-5-11-21)22-12-6-2-7-13-22/h1-2,4-7,10-13,23,25H,3,8-9,14-20H2,(H,29,30). The molecular weight excluding hydrogens is 390 g/mol. The van der Waals surface area contributed by atoms with E-state index in [1.807, 2.05) is 36.4 Å². The molecule has 166 valence electrons. The van der Waals surface area contributed by atoms with Gasteiger partial charge in [0.25, 0.3) is 0 Å². The number of piperidine rings is 1. The maximum Gasteiger partial charge on any atom is 0.310 e. The topological polar surface area (TPSA) is 66.8 Å². The zero-order valence-electron chi connectivity index (χ0n) is 18.1. The Hall–Kier alpha value is -2.50. The van der Waals surface area contributed by atoms with Gasteiger partial charge in [-0.1, -0.05) is 67.1 Å². The maximum absolute atomic E-state index is 12.6. The number of benzene rings is 2. The molecule has 3 rings (SSSR count). The monoisotopic (exact) mass is 423 g/mol. The van der Waals surface area contributed by atoms with Crippen molar-refractivity contribution >= 4 is 11.8 Å². The minimum absolute atomic E-state index is 0.133. The number of likely N-dealkylation sites (tertiary alicyclic amines) is 1. The molecule has 5 heteroatoms. The lowest BCUT2D eigenvalue weighted by atomic mass is 9.86. The van der Waals surface area contributed by atoms with Gasteiger partial charge in [0.05, 0.1) is 6.61 Å². The predicted octanol–water partition coefficient (Wildman–Crippen LogP) is 4.51. The van der Waals surface area contributed by atoms with Gasteiger partial charge in [0.1, 0.15) is 12.5 Å². The van der Waals surface area contributed by atoms with Gasteiger partial charge >= 0.3 is 5.97 Å². The first-order valence-electron chi connectivity index (χ1n) is 11.3. The maximum atomic E-state index is 12.6. The summed E-state index contributed by atoms with van der Waals surface area (Å²) in [7, 11) is 0. The number of carboxylic acid groups (broad SMARTS) is 1. The van der Waals surface area contributed by atoms with Crippen molar-refractivity contribution in [3.63, 3.8) is 0 Å². The third kappa shape index (κ3) is 7.60. The van der Waals surface area contributed by atoms with Gasteiger partial charge in [0.15, 0.2) is 5.78 Å². The second kappa shape index (κ2) is 12.4. The fourth-order valence-corrected chi connectivity index (χ4v) is 4.32. The van der Waals surface area contributed by atoms with Gasteiger partial charge in [-0.15, -0.1) is 0 Å². The van der Waals surface area contributed by atoms with E-state index < -0.39 is 18.5 Å². The summed E-state index contributed by atoms with van der Waals surface area (Å²) in [5.41, 5.74) is 2.37. The third-order valence-electron chi connectivity index (χ3n) is 5.98. The minimum Gasteiger partial charge on any atom is -0.481 e. The van der Waals surface area contributed by atoms with Crippen molar-refractivity contribution in [2.45, 2.75) is 50.5 Å². The molecule has 1 aliphatic rings. The van der Waals surface area contributed by atoms with Crippen LogP contribution in [0.5, 0.6) is 0 Å². The number of nitrogens with zero attached hydrogens (tertiary/aromatic N) is 1. The second-order valence-corrected chi connectivity index (χ2v) is 8.25. The summed E-state index contributed by atoms with van der Waals surface area (Å²) in [5, 5.41) is 9.11. The van der Waals surface area contributed by atoms with Gasteiger partial charge in [0.2, 0.25) is 0 Å². The van der Waals surface area contributed by atoms with Gasteiger partial charge in [0, 0.05) is 12.5 Å². The number of hydrogen-bond acceptors (Lipinski definition) is 4. The van der Waals surface area contributed by atoms with E-state index in [0.29, 0.717) is 19.4 Å². The number of carboxylic acids is 1. The van der Waals surface area contributed by atoms with Crippen LogP contribution in [-0.2, 0) is 14.3 Å².